The molecule has 0 heterocycles. The summed E-state index contributed by atoms with van der Waals surface area (Å²) in [5.74, 6) is 25.4. The Labute approximate surface area is 445 Å². The highest BCUT2D eigenvalue weighted by Gasteiger charge is 2.08. The Morgan fingerprint density at radius 3 is 0.819 bits per heavy atom. The molecule has 0 aliphatic heterocycles. The summed E-state index contributed by atoms with van der Waals surface area (Å²) < 4.78 is 12.5. The Morgan fingerprint density at radius 2 is 0.542 bits per heavy atom. The molecule has 2 nitrogen and oxygen atoms in total. The molecule has 0 aromatic heterocycles. The van der Waals surface area contributed by atoms with Crippen molar-refractivity contribution in [1.82, 2.24) is 0 Å². The first-order valence-electron chi connectivity index (χ1n) is 30.8. The van der Waals surface area contributed by atoms with Gasteiger partial charge in [0.2, 0.25) is 0 Å². The smallest absolute Gasteiger partial charge is 0.0722 e. The fraction of sp³-hybridized carbons (Fsp3) is 0.686. The Hall–Kier alpha value is -3.66. The average molecular weight is 980 g/mol. The summed E-state index contributed by atoms with van der Waals surface area (Å²) in [7, 11) is 0. The monoisotopic (exact) mass is 979 g/mol. The SMILES string of the molecule is CCCCCCCCCCCCC#CC#CCCCCCCCCCCCOCc1cccc2cc3c(COCCCCCCCCCCCC#CC#CCCCCCCCCCCCC)cccc3cc12. The van der Waals surface area contributed by atoms with Gasteiger partial charge in [-0.05, 0) is 107 Å². The molecule has 0 amide bonds. The molecule has 3 aromatic carbocycles. The second kappa shape index (κ2) is 48.3. The van der Waals surface area contributed by atoms with E-state index in [1.165, 1.54) is 264 Å². The van der Waals surface area contributed by atoms with Gasteiger partial charge in [0.05, 0.1) is 13.2 Å². The Bertz CT molecular complexity index is 1850. The summed E-state index contributed by atoms with van der Waals surface area (Å²) in [5.41, 5.74) is 2.57. The lowest BCUT2D eigenvalue weighted by Crippen LogP contribution is -1.98. The van der Waals surface area contributed by atoms with Gasteiger partial charge in [-0.1, -0.05) is 279 Å². The summed E-state index contributed by atoms with van der Waals surface area (Å²) >= 11 is 0. The van der Waals surface area contributed by atoms with Gasteiger partial charge < -0.3 is 9.47 Å². The molecule has 0 spiro atoms. The van der Waals surface area contributed by atoms with E-state index in [0.717, 1.165) is 51.7 Å². The van der Waals surface area contributed by atoms with Gasteiger partial charge >= 0.3 is 0 Å². The second-order valence-electron chi connectivity index (χ2n) is 21.2. The van der Waals surface area contributed by atoms with Crippen molar-refractivity contribution in [3.05, 3.63) is 59.7 Å². The maximum atomic E-state index is 6.23. The molecular formula is C70H106O2. The molecule has 0 bridgehead atoms. The number of rotatable bonds is 46. The van der Waals surface area contributed by atoms with Crippen LogP contribution < -0.4 is 0 Å². The number of unbranched alkanes of at least 4 members (excludes halogenated alkanes) is 38. The lowest BCUT2D eigenvalue weighted by molar-refractivity contribution is 0.117. The van der Waals surface area contributed by atoms with Crippen molar-refractivity contribution in [1.29, 1.82) is 0 Å². The molecule has 72 heavy (non-hydrogen) atoms. The second-order valence-corrected chi connectivity index (χ2v) is 21.2. The molecule has 0 saturated heterocycles. The molecule has 3 aromatic rings. The fourth-order valence-corrected chi connectivity index (χ4v) is 9.93. The normalized spacial score (nSPS) is 10.9. The van der Waals surface area contributed by atoms with E-state index in [9.17, 15) is 0 Å². The van der Waals surface area contributed by atoms with Gasteiger partial charge in [-0.15, -0.1) is 0 Å². The van der Waals surface area contributed by atoms with Crippen LogP contribution in [0.1, 0.15) is 295 Å². The van der Waals surface area contributed by atoms with Gasteiger partial charge in [-0.2, -0.15) is 0 Å². The molecular weight excluding hydrogens is 873 g/mol. The first-order valence-corrected chi connectivity index (χ1v) is 30.8. The van der Waals surface area contributed by atoms with Crippen LogP contribution in [0.5, 0.6) is 0 Å². The van der Waals surface area contributed by atoms with Crippen LogP contribution in [-0.2, 0) is 22.7 Å². The van der Waals surface area contributed by atoms with E-state index < -0.39 is 0 Å². The average Bonchev–Trinajstić information content (AvgIpc) is 3.40. The van der Waals surface area contributed by atoms with Gasteiger partial charge in [-0.25, -0.2) is 0 Å². The third kappa shape index (κ3) is 34.7. The predicted octanol–water partition coefficient (Wildman–Crippen LogP) is 21.5. The zero-order valence-electron chi connectivity index (χ0n) is 47.0. The third-order valence-electron chi connectivity index (χ3n) is 14.5. The Kier molecular flexibility index (Phi) is 42.0. The van der Waals surface area contributed by atoms with Crippen LogP contribution in [0.2, 0.25) is 0 Å². The minimum Gasteiger partial charge on any atom is -0.377 e. The number of hydrogen-bond acceptors (Lipinski definition) is 2. The topological polar surface area (TPSA) is 18.5 Å². The molecule has 0 aliphatic rings. The minimum atomic E-state index is 0.674. The summed E-state index contributed by atoms with van der Waals surface area (Å²) in [5, 5.41) is 5.18. The van der Waals surface area contributed by atoms with Crippen molar-refractivity contribution in [3.63, 3.8) is 0 Å². The molecule has 0 atom stereocenters. The lowest BCUT2D eigenvalue weighted by Gasteiger charge is -2.12. The molecule has 3 rings (SSSR count). The predicted molar refractivity (Wildman–Crippen MR) is 317 cm³/mol. The van der Waals surface area contributed by atoms with Crippen LogP contribution in [0.25, 0.3) is 21.5 Å². The zero-order valence-corrected chi connectivity index (χ0v) is 47.0. The van der Waals surface area contributed by atoms with E-state index in [-0.39, 0.29) is 0 Å². The van der Waals surface area contributed by atoms with E-state index in [1.807, 2.05) is 0 Å². The molecule has 2 heteroatoms. The highest BCUT2D eigenvalue weighted by atomic mass is 16.5. The fourth-order valence-electron chi connectivity index (χ4n) is 9.93. The lowest BCUT2D eigenvalue weighted by atomic mass is 9.97. The van der Waals surface area contributed by atoms with Crippen molar-refractivity contribution in [2.24, 2.45) is 0 Å². The standard InChI is InChI=1S/C70H106O2/c1-3-5-7-9-11-13-15-17-19-21-23-25-27-29-31-33-35-37-39-41-43-45-47-49-51-59-71-63-67-57-53-55-65-62-70-66(61-69(65)67)56-54-58-68(70)64-72-60-52-50-48-46-44-42-40-38-36-34-32-30-28-26-24-22-20-18-16-14-12-10-8-6-4-2/h53-58,61-62H,3-24,33-52,59-60,63-64H2,1-2H3. The maximum Gasteiger partial charge on any atom is 0.0722 e. The maximum absolute atomic E-state index is 6.23. The first kappa shape index (κ1) is 62.6. The summed E-state index contributed by atoms with van der Waals surface area (Å²) in [6.07, 6.45) is 54.8. The highest BCUT2D eigenvalue weighted by Crippen LogP contribution is 2.29. The van der Waals surface area contributed by atoms with Gasteiger partial charge in [0.25, 0.3) is 0 Å². The summed E-state index contributed by atoms with van der Waals surface area (Å²) in [6, 6.07) is 18.0. The molecule has 0 aliphatic carbocycles. The van der Waals surface area contributed by atoms with E-state index in [0.29, 0.717) is 13.2 Å². The van der Waals surface area contributed by atoms with Crippen molar-refractivity contribution in [2.45, 2.75) is 297 Å². The van der Waals surface area contributed by atoms with Crippen molar-refractivity contribution in [2.75, 3.05) is 13.2 Å². The van der Waals surface area contributed by atoms with Crippen LogP contribution >= 0.6 is 0 Å². The molecule has 0 unspecified atom stereocenters. The van der Waals surface area contributed by atoms with Crippen LogP contribution in [0, 0.1) is 47.4 Å². The van der Waals surface area contributed by atoms with Crippen LogP contribution in [0.3, 0.4) is 0 Å². The minimum absolute atomic E-state index is 0.674. The molecule has 398 valence electrons. The summed E-state index contributed by atoms with van der Waals surface area (Å²) in [4.78, 5) is 0. The quantitative estimate of drug-likeness (QED) is 0.0319. The van der Waals surface area contributed by atoms with Crippen LogP contribution in [0.4, 0.5) is 0 Å². The van der Waals surface area contributed by atoms with Gasteiger partial charge in [0.15, 0.2) is 0 Å². The van der Waals surface area contributed by atoms with Gasteiger partial charge in [0, 0.05) is 38.9 Å². The largest absolute Gasteiger partial charge is 0.377 e. The van der Waals surface area contributed by atoms with Gasteiger partial charge in [-0.3, -0.25) is 0 Å². The number of benzene rings is 3. The van der Waals surface area contributed by atoms with E-state index in [4.69, 9.17) is 9.47 Å². The zero-order chi connectivity index (χ0) is 50.7. The van der Waals surface area contributed by atoms with E-state index >= 15 is 0 Å². The first-order chi connectivity index (χ1) is 35.8. The Morgan fingerprint density at radius 1 is 0.292 bits per heavy atom. The number of fused-ring (bicyclic) bond motifs is 2. The van der Waals surface area contributed by atoms with Crippen LogP contribution in [-0.4, -0.2) is 13.2 Å². The van der Waals surface area contributed by atoms with E-state index in [1.54, 1.807) is 0 Å². The van der Waals surface area contributed by atoms with E-state index in [2.05, 4.69) is 110 Å². The molecule has 0 radical (unpaired) electrons. The third-order valence-corrected chi connectivity index (χ3v) is 14.5. The van der Waals surface area contributed by atoms with Crippen molar-refractivity contribution in [3.8, 4) is 47.4 Å². The van der Waals surface area contributed by atoms with Gasteiger partial charge in [0.1, 0.15) is 0 Å². The number of hydrogen-bond donors (Lipinski definition) is 0. The Balaban J connectivity index is 1.12. The van der Waals surface area contributed by atoms with Crippen molar-refractivity contribution < 1.29 is 9.47 Å². The highest BCUT2D eigenvalue weighted by molar-refractivity contribution is 6.00. The van der Waals surface area contributed by atoms with Crippen LogP contribution in [0.15, 0.2) is 48.5 Å². The number of ether oxygens (including phenoxy) is 2. The molecule has 0 fully saturated rings. The summed E-state index contributed by atoms with van der Waals surface area (Å²) in [6.45, 7) is 7.60. The molecule has 0 N–H and O–H groups in total. The molecule has 0 saturated carbocycles. The van der Waals surface area contributed by atoms with Crippen molar-refractivity contribution >= 4 is 21.5 Å².